The molecule has 5 nitrogen and oxygen atoms in total. The molecule has 0 fully saturated rings. The molecule has 2 aromatic rings. The highest BCUT2D eigenvalue weighted by Gasteiger charge is 2.25. The van der Waals surface area contributed by atoms with E-state index >= 15 is 0 Å². The summed E-state index contributed by atoms with van der Waals surface area (Å²) in [5.41, 5.74) is 0.931. The summed E-state index contributed by atoms with van der Waals surface area (Å²) in [5.74, 6) is -1.46. The van der Waals surface area contributed by atoms with Crippen molar-refractivity contribution in [2.45, 2.75) is 44.9 Å². The molecule has 1 amide bonds. The average Bonchev–Trinajstić information content (AvgIpc) is 2.62. The highest BCUT2D eigenvalue weighted by atomic mass is 32.2. The van der Waals surface area contributed by atoms with Crippen LogP contribution in [0.25, 0.3) is 0 Å². The first-order chi connectivity index (χ1) is 13.0. The number of para-hydroxylation sites is 1. The molecular weight excluding hydrogens is 379 g/mol. The van der Waals surface area contributed by atoms with E-state index in [1.54, 1.807) is 26.0 Å². The van der Waals surface area contributed by atoms with Gasteiger partial charge in [-0.25, -0.2) is 12.8 Å². The number of nitrogens with one attached hydrogen (secondary N) is 1. The zero-order valence-electron chi connectivity index (χ0n) is 16.9. The van der Waals surface area contributed by atoms with Crippen molar-refractivity contribution in [3.8, 4) is 0 Å². The summed E-state index contributed by atoms with van der Waals surface area (Å²) in [7, 11) is -3.79. The highest BCUT2D eigenvalue weighted by Crippen LogP contribution is 2.30. The molecule has 2 aromatic carbocycles. The van der Waals surface area contributed by atoms with Gasteiger partial charge in [-0.2, -0.15) is 4.31 Å². The summed E-state index contributed by atoms with van der Waals surface area (Å²) in [4.78, 5) is 12.6. The van der Waals surface area contributed by atoms with Gasteiger partial charge in [-0.3, -0.25) is 4.79 Å². The number of hydrogen-bond donors (Lipinski definition) is 1. The highest BCUT2D eigenvalue weighted by molar-refractivity contribution is 7.89. The van der Waals surface area contributed by atoms with Crippen LogP contribution in [0, 0.1) is 5.82 Å². The smallest absolute Gasteiger partial charge is 0.258 e. The lowest BCUT2D eigenvalue weighted by molar-refractivity contribution is 0.102. The van der Waals surface area contributed by atoms with Crippen LogP contribution in [0.4, 0.5) is 10.1 Å². The van der Waals surface area contributed by atoms with E-state index < -0.39 is 21.7 Å². The van der Waals surface area contributed by atoms with E-state index in [2.05, 4.69) is 5.32 Å². The molecule has 0 saturated carbocycles. The fourth-order valence-electron chi connectivity index (χ4n) is 2.99. The van der Waals surface area contributed by atoms with Crippen LogP contribution in [0.2, 0.25) is 0 Å². The van der Waals surface area contributed by atoms with Gasteiger partial charge in [0.05, 0.1) is 10.5 Å². The summed E-state index contributed by atoms with van der Waals surface area (Å²) in [6, 6.07) is 10.6. The molecule has 0 unspecified atom stereocenters. The van der Waals surface area contributed by atoms with Crippen molar-refractivity contribution in [1.82, 2.24) is 4.31 Å². The quantitative estimate of drug-likeness (QED) is 0.773. The Balaban J connectivity index is 2.43. The molecule has 0 spiro atoms. The van der Waals surface area contributed by atoms with Crippen LogP contribution in [0.15, 0.2) is 47.4 Å². The Hall–Kier alpha value is -2.25. The van der Waals surface area contributed by atoms with Gasteiger partial charge in [-0.1, -0.05) is 52.8 Å². The maximum Gasteiger partial charge on any atom is 0.258 e. The van der Waals surface area contributed by atoms with E-state index in [4.69, 9.17) is 0 Å². The summed E-state index contributed by atoms with van der Waals surface area (Å²) < 4.78 is 41.0. The first-order valence-electron chi connectivity index (χ1n) is 9.23. The molecule has 0 aliphatic rings. The van der Waals surface area contributed by atoms with Gasteiger partial charge in [0, 0.05) is 18.8 Å². The number of amides is 1. The zero-order chi connectivity index (χ0) is 21.1. The predicted molar refractivity (Wildman–Crippen MR) is 110 cm³/mol. The topological polar surface area (TPSA) is 66.5 Å². The van der Waals surface area contributed by atoms with Crippen molar-refractivity contribution in [2.24, 2.45) is 0 Å². The minimum Gasteiger partial charge on any atom is -0.322 e. The van der Waals surface area contributed by atoms with Crippen molar-refractivity contribution >= 4 is 21.6 Å². The van der Waals surface area contributed by atoms with Crippen LogP contribution in [0.3, 0.4) is 0 Å². The fraction of sp³-hybridized carbons (Fsp3) is 0.381. The van der Waals surface area contributed by atoms with Gasteiger partial charge < -0.3 is 5.32 Å². The molecule has 0 aliphatic heterocycles. The molecule has 0 aliphatic carbocycles. The number of halogens is 1. The second-order valence-corrected chi connectivity index (χ2v) is 9.42. The Bertz CT molecular complexity index is 962. The van der Waals surface area contributed by atoms with Crippen molar-refractivity contribution in [3.05, 3.63) is 59.4 Å². The van der Waals surface area contributed by atoms with Gasteiger partial charge >= 0.3 is 0 Å². The van der Waals surface area contributed by atoms with Crippen LogP contribution in [0.1, 0.15) is 50.5 Å². The second kappa shape index (κ2) is 8.41. The van der Waals surface area contributed by atoms with Crippen LogP contribution >= 0.6 is 0 Å². The third-order valence-corrected chi connectivity index (χ3v) is 6.55. The van der Waals surface area contributed by atoms with E-state index in [1.165, 1.54) is 10.4 Å². The average molecular weight is 407 g/mol. The Kier molecular flexibility index (Phi) is 6.62. The number of anilines is 1. The Morgan fingerprint density at radius 1 is 1.07 bits per heavy atom. The van der Waals surface area contributed by atoms with Crippen molar-refractivity contribution < 1.29 is 17.6 Å². The third-order valence-electron chi connectivity index (χ3n) is 4.51. The standard InChI is InChI=1S/C21H27FN2O3S/c1-6-24(7-2)28(26,27)15-12-13-18(22)16(14-15)20(25)23-19-11-9-8-10-17(19)21(3,4)5/h8-14H,6-7H2,1-5H3,(H,23,25). The van der Waals surface area contributed by atoms with Gasteiger partial charge in [0.15, 0.2) is 0 Å². The molecule has 1 N–H and O–H groups in total. The lowest BCUT2D eigenvalue weighted by Crippen LogP contribution is -2.31. The maximum atomic E-state index is 14.3. The maximum absolute atomic E-state index is 14.3. The molecule has 0 bridgehead atoms. The van der Waals surface area contributed by atoms with Gasteiger partial charge in [0.2, 0.25) is 10.0 Å². The molecule has 0 aromatic heterocycles. The van der Waals surface area contributed by atoms with Crippen LogP contribution in [0.5, 0.6) is 0 Å². The zero-order valence-corrected chi connectivity index (χ0v) is 17.7. The number of nitrogens with zero attached hydrogens (tertiary/aromatic N) is 1. The number of rotatable bonds is 6. The number of carbonyl (C=O) groups excluding carboxylic acids is 1. The SMILES string of the molecule is CCN(CC)S(=O)(=O)c1ccc(F)c(C(=O)Nc2ccccc2C(C)(C)C)c1. The molecule has 28 heavy (non-hydrogen) atoms. The van der Waals surface area contributed by atoms with Crippen LogP contribution in [-0.2, 0) is 15.4 Å². The van der Waals surface area contributed by atoms with E-state index in [0.29, 0.717) is 5.69 Å². The Morgan fingerprint density at radius 3 is 2.25 bits per heavy atom. The lowest BCUT2D eigenvalue weighted by atomic mass is 9.86. The van der Waals surface area contributed by atoms with Gasteiger partial charge in [-0.15, -0.1) is 0 Å². The molecule has 7 heteroatoms. The van der Waals surface area contributed by atoms with Gasteiger partial charge in [0.1, 0.15) is 5.82 Å². The van der Waals surface area contributed by atoms with E-state index in [0.717, 1.165) is 17.7 Å². The second-order valence-electron chi connectivity index (χ2n) is 7.48. The third kappa shape index (κ3) is 4.59. The van der Waals surface area contributed by atoms with Gasteiger partial charge in [0.25, 0.3) is 5.91 Å². The molecule has 0 atom stereocenters. The molecule has 0 radical (unpaired) electrons. The monoisotopic (exact) mass is 406 g/mol. The largest absolute Gasteiger partial charge is 0.322 e. The minimum absolute atomic E-state index is 0.105. The van der Waals surface area contributed by atoms with Crippen molar-refractivity contribution in [2.75, 3.05) is 18.4 Å². The molecule has 2 rings (SSSR count). The van der Waals surface area contributed by atoms with Gasteiger partial charge in [-0.05, 0) is 35.2 Å². The number of sulfonamides is 1. The normalized spacial score (nSPS) is 12.2. The summed E-state index contributed by atoms with van der Waals surface area (Å²) >= 11 is 0. The summed E-state index contributed by atoms with van der Waals surface area (Å²) in [5, 5.41) is 2.72. The minimum atomic E-state index is -3.79. The van der Waals surface area contributed by atoms with Crippen molar-refractivity contribution in [3.63, 3.8) is 0 Å². The first-order valence-corrected chi connectivity index (χ1v) is 10.7. The van der Waals surface area contributed by atoms with E-state index in [-0.39, 0.29) is 29.0 Å². The van der Waals surface area contributed by atoms with Crippen LogP contribution in [-0.4, -0.2) is 31.7 Å². The van der Waals surface area contributed by atoms with Crippen LogP contribution < -0.4 is 5.32 Å². The van der Waals surface area contributed by atoms with E-state index in [1.807, 2.05) is 32.9 Å². The fourth-order valence-corrected chi connectivity index (χ4v) is 4.47. The van der Waals surface area contributed by atoms with Crippen molar-refractivity contribution in [1.29, 1.82) is 0 Å². The number of carbonyl (C=O) groups is 1. The summed E-state index contributed by atoms with van der Waals surface area (Å²) in [6.07, 6.45) is 0. The number of hydrogen-bond acceptors (Lipinski definition) is 3. The molecule has 0 saturated heterocycles. The lowest BCUT2D eigenvalue weighted by Gasteiger charge is -2.23. The molecule has 152 valence electrons. The number of benzene rings is 2. The molecule has 0 heterocycles. The first kappa shape index (κ1) is 22.0. The Labute approximate surface area is 166 Å². The summed E-state index contributed by atoms with van der Waals surface area (Å²) in [6.45, 7) is 10.1. The van der Waals surface area contributed by atoms with E-state index in [9.17, 15) is 17.6 Å². The Morgan fingerprint density at radius 2 is 1.68 bits per heavy atom. The molecular formula is C21H27FN2O3S. The predicted octanol–water partition coefficient (Wildman–Crippen LogP) is 4.41.